The standard InChI is InChI=1S/C16H33N5O5.2H2O4S/c1-7(18)11-4-3-8(19)16(25-11)26-15-9(20)5-10(22)13(14(15)24)21(2)12(23)6-17;2*1-5(2,3)4/h7-11,13-16,22,24H,3-6,17-20H2,1-2H3;2*(H2,1,2,3,4). The summed E-state index contributed by atoms with van der Waals surface area (Å²) in [5.74, 6) is -0.398. The Labute approximate surface area is 209 Å². The van der Waals surface area contributed by atoms with Crippen LogP contribution in [0.25, 0.3) is 0 Å². The summed E-state index contributed by atoms with van der Waals surface area (Å²) in [7, 11) is -7.85. The van der Waals surface area contributed by atoms with Gasteiger partial charge in [-0.25, -0.2) is 0 Å². The lowest BCUT2D eigenvalue weighted by atomic mass is 9.83. The van der Waals surface area contributed by atoms with Gasteiger partial charge in [-0.1, -0.05) is 0 Å². The highest BCUT2D eigenvalue weighted by Gasteiger charge is 2.47. The average molecular weight is 572 g/mol. The van der Waals surface area contributed by atoms with Crippen molar-refractivity contribution < 1.29 is 59.5 Å². The molecule has 20 heteroatoms. The van der Waals surface area contributed by atoms with Gasteiger partial charge in [0.05, 0.1) is 30.8 Å². The highest BCUT2D eigenvalue weighted by atomic mass is 32.3. The molecule has 9 atom stereocenters. The van der Waals surface area contributed by atoms with E-state index in [1.54, 1.807) is 0 Å². The molecule has 1 saturated heterocycles. The molecule has 14 N–H and O–H groups in total. The summed E-state index contributed by atoms with van der Waals surface area (Å²) >= 11 is 0. The molecule has 0 aromatic rings. The normalized spacial score (nSPS) is 33.8. The predicted octanol–water partition coefficient (Wildman–Crippen LogP) is -4.52. The second-order valence-electron chi connectivity index (χ2n) is 8.30. The minimum absolute atomic E-state index is 0.160. The topological polar surface area (TPSA) is 333 Å². The SMILES string of the molecule is CC(N)C1CCC(N)C(OC2C(N)CC(O)C(N(C)C(=O)CN)C2O)O1.O=S(=O)(O)O.O=S(=O)(O)O. The van der Waals surface area contributed by atoms with Gasteiger partial charge in [0.1, 0.15) is 12.2 Å². The van der Waals surface area contributed by atoms with E-state index in [0.29, 0.717) is 6.42 Å². The van der Waals surface area contributed by atoms with E-state index in [0.717, 1.165) is 6.42 Å². The summed E-state index contributed by atoms with van der Waals surface area (Å²) in [6.07, 6.45) is -2.44. The maximum absolute atomic E-state index is 11.9. The number of hydrogen-bond donors (Lipinski definition) is 10. The van der Waals surface area contributed by atoms with Gasteiger partial charge in [0.25, 0.3) is 0 Å². The third-order valence-electron chi connectivity index (χ3n) is 5.35. The molecule has 2 rings (SSSR count). The fourth-order valence-electron chi connectivity index (χ4n) is 3.72. The summed E-state index contributed by atoms with van der Waals surface area (Å²) in [6.45, 7) is 1.62. The van der Waals surface area contributed by atoms with E-state index in [9.17, 15) is 15.0 Å². The number of aliphatic hydroxyl groups is 2. The highest BCUT2D eigenvalue weighted by molar-refractivity contribution is 7.80. The molecule has 36 heavy (non-hydrogen) atoms. The van der Waals surface area contributed by atoms with Crippen LogP contribution < -0.4 is 22.9 Å². The van der Waals surface area contributed by atoms with Gasteiger partial charge >= 0.3 is 20.8 Å². The van der Waals surface area contributed by atoms with E-state index >= 15 is 0 Å². The number of hydrogen-bond acceptors (Lipinski definition) is 13. The third kappa shape index (κ3) is 13.4. The summed E-state index contributed by atoms with van der Waals surface area (Å²) in [6, 6.07) is -2.07. The minimum atomic E-state index is -4.67. The Balaban J connectivity index is 0.00000104. The molecule has 0 aromatic heterocycles. The second kappa shape index (κ2) is 14.7. The molecule has 2 aliphatic rings. The summed E-state index contributed by atoms with van der Waals surface area (Å²) in [5, 5.41) is 21.1. The van der Waals surface area contributed by atoms with Crippen molar-refractivity contribution in [3.8, 4) is 0 Å². The van der Waals surface area contributed by atoms with E-state index in [1.165, 1.54) is 11.9 Å². The number of carbonyl (C=O) groups excluding carboxylic acids is 1. The molecule has 2 fully saturated rings. The van der Waals surface area contributed by atoms with Gasteiger partial charge in [-0.2, -0.15) is 16.8 Å². The summed E-state index contributed by atoms with van der Waals surface area (Å²) in [4.78, 5) is 13.1. The molecule has 1 saturated carbocycles. The number of nitrogens with two attached hydrogens (primary N) is 4. The van der Waals surface area contributed by atoms with Crippen LogP contribution in [0.1, 0.15) is 26.2 Å². The van der Waals surface area contributed by atoms with Crippen LogP contribution >= 0.6 is 0 Å². The van der Waals surface area contributed by atoms with E-state index in [4.69, 9.17) is 67.5 Å². The van der Waals surface area contributed by atoms with Crippen LogP contribution in [0.2, 0.25) is 0 Å². The maximum atomic E-state index is 11.9. The third-order valence-corrected chi connectivity index (χ3v) is 5.35. The Kier molecular flexibility index (Phi) is 14.3. The number of carbonyl (C=O) groups is 1. The van der Waals surface area contributed by atoms with E-state index in [2.05, 4.69) is 0 Å². The highest BCUT2D eigenvalue weighted by Crippen LogP contribution is 2.29. The second-order valence-corrected chi connectivity index (χ2v) is 10.1. The predicted molar refractivity (Wildman–Crippen MR) is 123 cm³/mol. The number of aliphatic hydroxyl groups excluding tert-OH is 2. The summed E-state index contributed by atoms with van der Waals surface area (Å²) < 4.78 is 74.9. The fraction of sp³-hybridized carbons (Fsp3) is 0.938. The smallest absolute Gasteiger partial charge is 0.391 e. The first-order chi connectivity index (χ1) is 16.2. The van der Waals surface area contributed by atoms with Crippen LogP contribution in [-0.4, -0.2) is 125 Å². The lowest BCUT2D eigenvalue weighted by Crippen LogP contribution is -2.66. The zero-order chi connectivity index (χ0) is 28.6. The van der Waals surface area contributed by atoms with Crippen molar-refractivity contribution in [3.05, 3.63) is 0 Å². The van der Waals surface area contributed by atoms with Crippen molar-refractivity contribution in [3.63, 3.8) is 0 Å². The van der Waals surface area contributed by atoms with Crippen LogP contribution in [0, 0.1) is 0 Å². The Hall–Kier alpha value is -1.11. The van der Waals surface area contributed by atoms with Gasteiger partial charge in [0.2, 0.25) is 5.91 Å². The Morgan fingerprint density at radius 1 is 1.06 bits per heavy atom. The van der Waals surface area contributed by atoms with Gasteiger partial charge in [-0.3, -0.25) is 23.0 Å². The molecule has 0 aromatic carbocycles. The van der Waals surface area contributed by atoms with Gasteiger partial charge in [-0.05, 0) is 26.2 Å². The number of amides is 1. The molecule has 18 nitrogen and oxygen atoms in total. The van der Waals surface area contributed by atoms with Crippen LogP contribution in [0.15, 0.2) is 0 Å². The molecule has 0 bridgehead atoms. The average Bonchev–Trinajstić information content (AvgIpc) is 2.68. The molecular weight excluding hydrogens is 534 g/mol. The number of likely N-dealkylation sites (N-methyl/N-ethyl adjacent to an activating group) is 1. The molecule has 0 radical (unpaired) electrons. The number of ether oxygens (including phenoxy) is 2. The lowest BCUT2D eigenvalue weighted by Gasteiger charge is -2.47. The van der Waals surface area contributed by atoms with E-state index < -0.39 is 63.4 Å². The molecule has 1 aliphatic carbocycles. The van der Waals surface area contributed by atoms with Crippen molar-refractivity contribution in [1.29, 1.82) is 0 Å². The van der Waals surface area contributed by atoms with Gasteiger partial charge < -0.3 is 47.5 Å². The zero-order valence-electron chi connectivity index (χ0n) is 19.6. The molecule has 9 unspecified atom stereocenters. The Morgan fingerprint density at radius 3 is 1.94 bits per heavy atom. The van der Waals surface area contributed by atoms with Crippen LogP contribution in [-0.2, 0) is 35.1 Å². The lowest BCUT2D eigenvalue weighted by molar-refractivity contribution is -0.256. The molecular formula is C16H37N5O13S2. The first-order valence-electron chi connectivity index (χ1n) is 10.5. The molecule has 216 valence electrons. The van der Waals surface area contributed by atoms with Crippen LogP contribution in [0.5, 0.6) is 0 Å². The van der Waals surface area contributed by atoms with Crippen molar-refractivity contribution >= 4 is 26.7 Å². The number of nitrogens with zero attached hydrogens (tertiary/aromatic N) is 1. The molecule has 1 heterocycles. The van der Waals surface area contributed by atoms with Gasteiger partial charge in [0.15, 0.2) is 6.29 Å². The largest absolute Gasteiger partial charge is 0.394 e. The van der Waals surface area contributed by atoms with Crippen LogP contribution in [0.3, 0.4) is 0 Å². The number of rotatable bonds is 5. The Morgan fingerprint density at radius 2 is 1.53 bits per heavy atom. The maximum Gasteiger partial charge on any atom is 0.394 e. The quantitative estimate of drug-likeness (QED) is 0.139. The van der Waals surface area contributed by atoms with E-state index in [-0.39, 0.29) is 31.2 Å². The zero-order valence-corrected chi connectivity index (χ0v) is 21.3. The van der Waals surface area contributed by atoms with Crippen molar-refractivity contribution in [2.24, 2.45) is 22.9 Å². The van der Waals surface area contributed by atoms with Gasteiger partial charge in [-0.15, -0.1) is 0 Å². The molecule has 1 amide bonds. The molecule has 1 aliphatic heterocycles. The van der Waals surface area contributed by atoms with E-state index in [1.807, 2.05) is 6.92 Å². The van der Waals surface area contributed by atoms with Crippen molar-refractivity contribution in [2.75, 3.05) is 13.6 Å². The minimum Gasteiger partial charge on any atom is -0.391 e. The Bertz CT molecular complexity index is 845. The van der Waals surface area contributed by atoms with Gasteiger partial charge in [0, 0.05) is 19.1 Å². The van der Waals surface area contributed by atoms with Crippen LogP contribution in [0.4, 0.5) is 0 Å². The summed E-state index contributed by atoms with van der Waals surface area (Å²) in [5.41, 5.74) is 23.5. The first-order valence-corrected chi connectivity index (χ1v) is 13.3. The van der Waals surface area contributed by atoms with Crippen molar-refractivity contribution in [1.82, 2.24) is 4.90 Å². The van der Waals surface area contributed by atoms with Crippen molar-refractivity contribution in [2.45, 2.75) is 81.1 Å². The monoisotopic (exact) mass is 571 g/mol. The first kappa shape index (κ1) is 34.9. The molecule has 0 spiro atoms. The fourth-order valence-corrected chi connectivity index (χ4v) is 3.72.